The molecule has 0 aliphatic rings. The summed E-state index contributed by atoms with van der Waals surface area (Å²) in [5, 5.41) is 10.6. The lowest BCUT2D eigenvalue weighted by Gasteiger charge is -2.08. The van der Waals surface area contributed by atoms with Crippen molar-refractivity contribution in [3.63, 3.8) is 0 Å². The number of carbonyl (C=O) groups is 2. The maximum absolute atomic E-state index is 12.3. The van der Waals surface area contributed by atoms with Crippen LogP contribution >= 0.6 is 23.2 Å². The Morgan fingerprint density at radius 2 is 1.22 bits per heavy atom. The number of hydrogen-bond donors (Lipinski definition) is 2. The number of benzene rings is 2. The van der Waals surface area contributed by atoms with E-state index in [0.717, 1.165) is 12.2 Å². The molecule has 0 aliphatic heterocycles. The van der Waals surface area contributed by atoms with Crippen molar-refractivity contribution in [3.05, 3.63) is 58.9 Å². The van der Waals surface area contributed by atoms with Gasteiger partial charge in [0.1, 0.15) is 11.5 Å². The molecule has 2 aromatic heterocycles. The molecule has 10 nitrogen and oxygen atoms in total. The van der Waals surface area contributed by atoms with E-state index in [4.69, 9.17) is 44.1 Å². The van der Waals surface area contributed by atoms with Crippen molar-refractivity contribution >= 4 is 56.9 Å². The average molecular weight is 531 g/mol. The van der Waals surface area contributed by atoms with Crippen molar-refractivity contribution in [1.82, 2.24) is 19.6 Å². The predicted molar refractivity (Wildman–Crippen MR) is 137 cm³/mol. The zero-order chi connectivity index (χ0) is 26.0. The summed E-state index contributed by atoms with van der Waals surface area (Å²) in [4.78, 5) is 24.5. The monoisotopic (exact) mass is 530 g/mol. The van der Waals surface area contributed by atoms with Crippen LogP contribution in [0, 0.1) is 0 Å². The van der Waals surface area contributed by atoms with E-state index < -0.39 is 11.9 Å². The molecule has 188 valence electrons. The molecule has 0 saturated carbocycles. The van der Waals surface area contributed by atoms with Gasteiger partial charge in [-0.15, -0.1) is 0 Å². The normalized spacial score (nSPS) is 13.4. The van der Waals surface area contributed by atoms with E-state index >= 15 is 0 Å². The summed E-state index contributed by atoms with van der Waals surface area (Å²) in [6, 6.07) is 9.53. The third-order valence-electron chi connectivity index (χ3n) is 5.07. The van der Waals surface area contributed by atoms with Crippen LogP contribution in [0.25, 0.3) is 21.8 Å². The number of aromatic nitrogens is 4. The highest BCUT2D eigenvalue weighted by Crippen LogP contribution is 2.28. The number of nitrogens with zero attached hydrogens (tertiary/aromatic N) is 4. The van der Waals surface area contributed by atoms with Crippen LogP contribution in [0.5, 0.6) is 11.5 Å². The molecule has 0 bridgehead atoms. The SMILES string of the molecule is CC(N)Cn1nc(Cl)c2ccc(OC(=O)/C=C/C(=O)Oc3ccc4c(Cl)nn(CC(C)N)c4c3)cc21. The number of rotatable bonds is 8. The van der Waals surface area contributed by atoms with Crippen LogP contribution in [0.1, 0.15) is 13.8 Å². The third-order valence-corrected chi connectivity index (χ3v) is 5.63. The molecule has 2 atom stereocenters. The molecule has 36 heavy (non-hydrogen) atoms. The van der Waals surface area contributed by atoms with Gasteiger partial charge in [-0.1, -0.05) is 23.2 Å². The first-order valence-corrected chi connectivity index (χ1v) is 11.8. The van der Waals surface area contributed by atoms with Gasteiger partial charge < -0.3 is 20.9 Å². The summed E-state index contributed by atoms with van der Waals surface area (Å²) in [5.74, 6) is -0.990. The number of fused-ring (bicyclic) bond motifs is 2. The zero-order valence-corrected chi connectivity index (χ0v) is 21.0. The Labute approximate surface area is 216 Å². The Bertz CT molecular complexity index is 1360. The Kier molecular flexibility index (Phi) is 7.60. The molecule has 2 unspecified atom stereocenters. The smallest absolute Gasteiger partial charge is 0.336 e. The maximum Gasteiger partial charge on any atom is 0.336 e. The van der Waals surface area contributed by atoms with Gasteiger partial charge in [0.15, 0.2) is 10.3 Å². The molecular formula is C24H24Cl2N6O4. The summed E-state index contributed by atoms with van der Waals surface area (Å²) in [6.45, 7) is 4.57. The Hall–Kier alpha value is -3.44. The number of carbonyl (C=O) groups excluding carboxylic acids is 2. The van der Waals surface area contributed by atoms with Crippen LogP contribution in [0.4, 0.5) is 0 Å². The molecule has 2 aromatic carbocycles. The zero-order valence-electron chi connectivity index (χ0n) is 19.5. The van der Waals surface area contributed by atoms with Crippen LogP contribution in [0.15, 0.2) is 48.6 Å². The van der Waals surface area contributed by atoms with Crippen molar-refractivity contribution in [3.8, 4) is 11.5 Å². The Morgan fingerprint density at radius 3 is 1.58 bits per heavy atom. The van der Waals surface area contributed by atoms with E-state index in [0.29, 0.717) is 45.2 Å². The molecule has 4 N–H and O–H groups in total. The second kappa shape index (κ2) is 10.7. The highest BCUT2D eigenvalue weighted by atomic mass is 35.5. The van der Waals surface area contributed by atoms with Crippen molar-refractivity contribution in [2.75, 3.05) is 0 Å². The van der Waals surface area contributed by atoms with Crippen molar-refractivity contribution < 1.29 is 19.1 Å². The number of esters is 2. The van der Waals surface area contributed by atoms with Gasteiger partial charge in [0.05, 0.1) is 24.1 Å². The van der Waals surface area contributed by atoms with E-state index in [1.165, 1.54) is 0 Å². The molecule has 0 amide bonds. The van der Waals surface area contributed by atoms with Crippen molar-refractivity contribution in [1.29, 1.82) is 0 Å². The fourth-order valence-corrected chi connectivity index (χ4v) is 4.12. The highest BCUT2D eigenvalue weighted by molar-refractivity contribution is 6.34. The average Bonchev–Trinajstić information content (AvgIpc) is 3.27. The molecule has 12 heteroatoms. The van der Waals surface area contributed by atoms with Gasteiger partial charge in [0.25, 0.3) is 0 Å². The lowest BCUT2D eigenvalue weighted by Crippen LogP contribution is -2.22. The quantitative estimate of drug-likeness (QED) is 0.200. The van der Waals surface area contributed by atoms with Crippen LogP contribution in [-0.4, -0.2) is 43.6 Å². The van der Waals surface area contributed by atoms with Gasteiger partial charge in [0, 0.05) is 47.1 Å². The van der Waals surface area contributed by atoms with E-state index in [1.54, 1.807) is 45.8 Å². The molecule has 0 fully saturated rings. The molecule has 4 aromatic rings. The summed E-state index contributed by atoms with van der Waals surface area (Å²) < 4.78 is 13.9. The standard InChI is InChI=1S/C24H24Cl2N6O4/c1-13(27)11-31-19-9-15(3-5-17(19)23(25)29-31)35-21(33)7-8-22(34)36-16-4-6-18-20(10-16)32(12-14(2)28)30-24(18)26/h3-10,13-14H,11-12,27-28H2,1-2H3/b8-7+. The lowest BCUT2D eigenvalue weighted by molar-refractivity contribution is -0.131. The van der Waals surface area contributed by atoms with Gasteiger partial charge in [-0.2, -0.15) is 10.2 Å². The second-order valence-electron chi connectivity index (χ2n) is 8.43. The summed E-state index contributed by atoms with van der Waals surface area (Å²) in [5.41, 5.74) is 13.1. The minimum absolute atomic E-state index is 0.146. The van der Waals surface area contributed by atoms with Gasteiger partial charge in [-0.05, 0) is 38.1 Å². The Morgan fingerprint density at radius 1 is 0.833 bits per heavy atom. The fraction of sp³-hybridized carbons (Fsp3) is 0.250. The number of hydrogen-bond acceptors (Lipinski definition) is 8. The summed E-state index contributed by atoms with van der Waals surface area (Å²) in [7, 11) is 0. The van der Waals surface area contributed by atoms with E-state index in [1.807, 2.05) is 13.8 Å². The largest absolute Gasteiger partial charge is 0.423 e. The van der Waals surface area contributed by atoms with Crippen LogP contribution < -0.4 is 20.9 Å². The first-order chi connectivity index (χ1) is 17.1. The predicted octanol–water partition coefficient (Wildman–Crippen LogP) is 3.45. The minimum atomic E-state index is -0.757. The number of ether oxygens (including phenoxy) is 2. The Balaban J connectivity index is 1.43. The number of halogens is 2. The van der Waals surface area contributed by atoms with Crippen LogP contribution in [0.2, 0.25) is 10.3 Å². The van der Waals surface area contributed by atoms with Gasteiger partial charge in [-0.3, -0.25) is 9.36 Å². The van der Waals surface area contributed by atoms with Crippen LogP contribution in [-0.2, 0) is 22.7 Å². The molecule has 4 rings (SSSR count). The maximum atomic E-state index is 12.3. The minimum Gasteiger partial charge on any atom is -0.423 e. The van der Waals surface area contributed by atoms with Gasteiger partial charge in [-0.25, -0.2) is 9.59 Å². The van der Waals surface area contributed by atoms with Gasteiger partial charge in [0.2, 0.25) is 0 Å². The van der Waals surface area contributed by atoms with Crippen LogP contribution in [0.3, 0.4) is 0 Å². The molecule has 0 saturated heterocycles. The fourth-order valence-electron chi connectivity index (χ4n) is 3.61. The van der Waals surface area contributed by atoms with E-state index in [-0.39, 0.29) is 23.6 Å². The molecule has 2 heterocycles. The van der Waals surface area contributed by atoms with Gasteiger partial charge >= 0.3 is 11.9 Å². The summed E-state index contributed by atoms with van der Waals surface area (Å²) >= 11 is 12.3. The first-order valence-electron chi connectivity index (χ1n) is 11.1. The highest BCUT2D eigenvalue weighted by Gasteiger charge is 2.14. The third kappa shape index (κ3) is 5.85. The molecular weight excluding hydrogens is 507 g/mol. The number of nitrogens with two attached hydrogens (primary N) is 2. The second-order valence-corrected chi connectivity index (χ2v) is 9.15. The topological polar surface area (TPSA) is 140 Å². The molecule has 0 radical (unpaired) electrons. The summed E-state index contributed by atoms with van der Waals surface area (Å²) in [6.07, 6.45) is 1.96. The van der Waals surface area contributed by atoms with Crippen molar-refractivity contribution in [2.45, 2.75) is 39.0 Å². The molecule has 0 aliphatic carbocycles. The lowest BCUT2D eigenvalue weighted by atomic mass is 10.2. The van der Waals surface area contributed by atoms with E-state index in [9.17, 15) is 9.59 Å². The molecule has 0 spiro atoms. The first kappa shape index (κ1) is 25.6. The van der Waals surface area contributed by atoms with Crippen molar-refractivity contribution in [2.24, 2.45) is 11.5 Å². The van der Waals surface area contributed by atoms with E-state index in [2.05, 4.69) is 10.2 Å².